The van der Waals surface area contributed by atoms with E-state index in [-0.39, 0.29) is 41.5 Å². The van der Waals surface area contributed by atoms with Gasteiger partial charge in [0.15, 0.2) is 10.8 Å². The third kappa shape index (κ3) is 6.59. The van der Waals surface area contributed by atoms with E-state index in [1.807, 2.05) is 6.92 Å². The molecule has 0 aliphatic carbocycles. The lowest BCUT2D eigenvalue weighted by atomic mass is 10.0. The van der Waals surface area contributed by atoms with E-state index in [0.29, 0.717) is 5.75 Å². The number of carboxylic acids is 1. The highest BCUT2D eigenvalue weighted by atomic mass is 32.2. The van der Waals surface area contributed by atoms with Gasteiger partial charge in [-0.1, -0.05) is 5.16 Å². The summed E-state index contributed by atoms with van der Waals surface area (Å²) in [6.07, 6.45) is 3.27. The van der Waals surface area contributed by atoms with Gasteiger partial charge in [0, 0.05) is 51.7 Å². The summed E-state index contributed by atoms with van der Waals surface area (Å²) in [7, 11) is 0. The van der Waals surface area contributed by atoms with Gasteiger partial charge in [-0.3, -0.25) is 19.4 Å². The van der Waals surface area contributed by atoms with Crippen LogP contribution in [0.1, 0.15) is 12.6 Å². The number of thioether (sulfide) groups is 3. The molecule has 0 bridgehead atoms. The van der Waals surface area contributed by atoms with Crippen LogP contribution in [0.4, 0.5) is 9.52 Å². The maximum atomic E-state index is 13.1. The summed E-state index contributed by atoms with van der Waals surface area (Å²) < 4.78 is 11.2. The van der Waals surface area contributed by atoms with Crippen LogP contribution >= 0.6 is 46.6 Å². The molecular formula is C22H26FN7O5S4. The first-order chi connectivity index (χ1) is 18.6. The van der Waals surface area contributed by atoms with Gasteiger partial charge >= 0.3 is 5.97 Å². The van der Waals surface area contributed by atoms with Gasteiger partial charge in [-0.15, -0.1) is 46.6 Å². The number of aliphatic carboxylic acids is 1. The number of carbonyl (C=O) groups excluding carboxylic acids is 2. The number of amides is 2. The van der Waals surface area contributed by atoms with Crippen molar-refractivity contribution in [2.45, 2.75) is 38.9 Å². The first-order valence-corrected chi connectivity index (χ1v) is 15.3. The predicted octanol–water partition coefficient (Wildman–Crippen LogP) is 1.27. The van der Waals surface area contributed by atoms with Crippen LogP contribution in [-0.2, 0) is 19.2 Å². The third-order valence-electron chi connectivity index (χ3n) is 5.59. The Morgan fingerprint density at radius 3 is 2.92 bits per heavy atom. The Morgan fingerprint density at radius 2 is 2.26 bits per heavy atom. The summed E-state index contributed by atoms with van der Waals surface area (Å²) in [5.74, 6) is -1.37. The maximum absolute atomic E-state index is 13.1. The second kappa shape index (κ2) is 12.7. The van der Waals surface area contributed by atoms with E-state index < -0.39 is 40.6 Å². The van der Waals surface area contributed by atoms with Crippen LogP contribution in [0.5, 0.6) is 0 Å². The van der Waals surface area contributed by atoms with Gasteiger partial charge in [-0.25, -0.2) is 9.37 Å². The normalized spacial score (nSPS) is 23.5. The van der Waals surface area contributed by atoms with Gasteiger partial charge in [-0.05, 0) is 13.0 Å². The Kier molecular flexibility index (Phi) is 9.58. The summed E-state index contributed by atoms with van der Waals surface area (Å²) in [6, 6.07) is 0.806. The zero-order valence-electron chi connectivity index (χ0n) is 20.6. The standard InChI is InChI=1S/C22H26FN7O5S4/c1-11(24)7-36-14-6-26-4-2-13(14)39-22(20(33)34)9-30-18(32)16(19(30)38-10-22)28-17(31)15(29-35-5-3-23)12-8-37-21(25)27-12/h2,4,6,8,11,16,19H,3,5,7,9-10,24H2,1H3,(H2,25,27)(H,28,31)(H,33,34)/t11?,16-,19-,22?/m1/s1. The van der Waals surface area contributed by atoms with Crippen LogP contribution in [-0.4, -0.2) is 97.0 Å². The number of hydrogen-bond acceptors (Lipinski definition) is 13. The number of alkyl halides is 1. The monoisotopic (exact) mass is 615 g/mol. The number of halogens is 1. The SMILES string of the molecule is CC(N)CSc1cnccc1SC1(C(=O)O)CS[C@@H]2[C@H](NC(=O)C(=NOCCF)c3csc(N)n3)C(=O)N2C1. The molecule has 6 N–H and O–H groups in total. The van der Waals surface area contributed by atoms with Crippen molar-refractivity contribution in [2.75, 3.05) is 37.1 Å². The van der Waals surface area contributed by atoms with Gasteiger partial charge < -0.3 is 31.6 Å². The fraction of sp³-hybridized carbons (Fsp3) is 0.455. The van der Waals surface area contributed by atoms with E-state index in [1.165, 1.54) is 45.6 Å². The van der Waals surface area contributed by atoms with Gasteiger partial charge in [-0.2, -0.15) is 0 Å². The van der Waals surface area contributed by atoms with E-state index in [9.17, 15) is 23.9 Å². The number of nitrogens with one attached hydrogen (secondary N) is 1. The van der Waals surface area contributed by atoms with Crippen molar-refractivity contribution in [2.24, 2.45) is 10.9 Å². The van der Waals surface area contributed by atoms with Crippen molar-refractivity contribution in [3.05, 3.63) is 29.5 Å². The molecule has 2 aliphatic heterocycles. The summed E-state index contributed by atoms with van der Waals surface area (Å²) in [5, 5.41) is 17.8. The topological polar surface area (TPSA) is 186 Å². The molecule has 0 aromatic carbocycles. The molecule has 2 aliphatic rings. The van der Waals surface area contributed by atoms with Crippen molar-refractivity contribution in [1.82, 2.24) is 20.2 Å². The van der Waals surface area contributed by atoms with Crippen molar-refractivity contribution < 1.29 is 28.7 Å². The maximum Gasteiger partial charge on any atom is 0.322 e. The minimum atomic E-state index is -1.30. The Hall–Kier alpha value is -2.60. The molecule has 0 spiro atoms. The van der Waals surface area contributed by atoms with Crippen LogP contribution in [0.25, 0.3) is 0 Å². The Labute approximate surface area is 239 Å². The second-order valence-electron chi connectivity index (χ2n) is 8.66. The number of hydrogen-bond donors (Lipinski definition) is 4. The van der Waals surface area contributed by atoms with E-state index in [0.717, 1.165) is 21.1 Å². The molecule has 210 valence electrons. The number of carbonyl (C=O) groups is 3. The molecule has 2 unspecified atom stereocenters. The highest BCUT2D eigenvalue weighted by Gasteiger charge is 2.58. The second-order valence-corrected chi connectivity index (χ2v) is 13.1. The molecular weight excluding hydrogens is 590 g/mol. The molecule has 4 heterocycles. The molecule has 4 atom stereocenters. The van der Waals surface area contributed by atoms with Gasteiger partial charge in [0.05, 0.1) is 0 Å². The number of carboxylic acid groups (broad SMARTS) is 1. The summed E-state index contributed by atoms with van der Waals surface area (Å²) >= 11 is 5.03. The lowest BCUT2D eigenvalue weighted by Gasteiger charge is -2.53. The van der Waals surface area contributed by atoms with Crippen molar-refractivity contribution >= 4 is 75.2 Å². The molecule has 2 aromatic rings. The Morgan fingerprint density at radius 1 is 1.46 bits per heavy atom. The fourth-order valence-electron chi connectivity index (χ4n) is 3.73. The number of anilines is 1. The molecule has 2 amide bonds. The number of aromatic nitrogens is 2. The van der Waals surface area contributed by atoms with E-state index in [4.69, 9.17) is 16.3 Å². The Balaban J connectivity index is 1.46. The largest absolute Gasteiger partial charge is 0.480 e. The summed E-state index contributed by atoms with van der Waals surface area (Å²) in [6.45, 7) is 0.680. The summed E-state index contributed by atoms with van der Waals surface area (Å²) in [4.78, 5) is 54.6. The molecule has 12 nitrogen and oxygen atoms in total. The molecule has 17 heteroatoms. The van der Waals surface area contributed by atoms with Crippen molar-refractivity contribution in [3.8, 4) is 0 Å². The predicted molar refractivity (Wildman–Crippen MR) is 150 cm³/mol. The number of oxime groups is 1. The first kappa shape index (κ1) is 29.4. The third-order valence-corrected chi connectivity index (χ3v) is 10.8. The van der Waals surface area contributed by atoms with Crippen molar-refractivity contribution in [1.29, 1.82) is 0 Å². The minimum Gasteiger partial charge on any atom is -0.480 e. The van der Waals surface area contributed by atoms with Crippen LogP contribution in [0, 0.1) is 0 Å². The number of nitrogens with zero attached hydrogens (tertiary/aromatic N) is 4. The first-order valence-electron chi connectivity index (χ1n) is 11.6. The van der Waals surface area contributed by atoms with E-state index in [1.54, 1.807) is 18.5 Å². The number of thiazole rings is 1. The number of β-lactam (4-membered cyclic amide) rings is 1. The average Bonchev–Trinajstić information content (AvgIpc) is 3.34. The molecule has 4 rings (SSSR count). The molecule has 39 heavy (non-hydrogen) atoms. The number of nitrogens with two attached hydrogens (primary N) is 2. The van der Waals surface area contributed by atoms with Crippen LogP contribution < -0.4 is 16.8 Å². The van der Waals surface area contributed by atoms with E-state index in [2.05, 4.69) is 20.4 Å². The highest BCUT2D eigenvalue weighted by Crippen LogP contribution is 2.48. The van der Waals surface area contributed by atoms with Crippen LogP contribution in [0.2, 0.25) is 0 Å². The quantitative estimate of drug-likeness (QED) is 0.0882. The van der Waals surface area contributed by atoms with Crippen LogP contribution in [0.15, 0.2) is 38.8 Å². The number of nitrogen functional groups attached to an aromatic ring is 1. The van der Waals surface area contributed by atoms with Gasteiger partial charge in [0.2, 0.25) is 5.91 Å². The zero-order valence-corrected chi connectivity index (χ0v) is 23.9. The number of rotatable bonds is 12. The Bertz CT molecular complexity index is 1260. The van der Waals surface area contributed by atoms with E-state index >= 15 is 0 Å². The molecule has 0 saturated carbocycles. The minimum absolute atomic E-state index is 0.0429. The molecule has 2 saturated heterocycles. The average molecular weight is 616 g/mol. The molecule has 2 aromatic heterocycles. The molecule has 0 radical (unpaired) electrons. The highest BCUT2D eigenvalue weighted by molar-refractivity contribution is 8.05. The summed E-state index contributed by atoms with van der Waals surface area (Å²) in [5.41, 5.74) is 11.4. The van der Waals surface area contributed by atoms with Gasteiger partial charge in [0.25, 0.3) is 5.91 Å². The van der Waals surface area contributed by atoms with Crippen LogP contribution in [0.3, 0.4) is 0 Å². The smallest absolute Gasteiger partial charge is 0.322 e. The fourth-order valence-corrected chi connectivity index (χ4v) is 8.19. The number of pyridine rings is 1. The lowest BCUT2D eigenvalue weighted by Crippen LogP contribution is -2.74. The van der Waals surface area contributed by atoms with Gasteiger partial charge in [0.1, 0.15) is 35.1 Å². The number of fused-ring (bicyclic) bond motifs is 1. The van der Waals surface area contributed by atoms with Crippen molar-refractivity contribution in [3.63, 3.8) is 0 Å². The molecule has 2 fully saturated rings. The zero-order chi connectivity index (χ0) is 28.2. The lowest BCUT2D eigenvalue weighted by molar-refractivity contribution is -0.151.